The van der Waals surface area contributed by atoms with Gasteiger partial charge in [-0.3, -0.25) is 4.79 Å². The van der Waals surface area contributed by atoms with Crippen molar-refractivity contribution in [2.75, 3.05) is 5.32 Å². The lowest BCUT2D eigenvalue weighted by Crippen LogP contribution is -2.32. The summed E-state index contributed by atoms with van der Waals surface area (Å²) in [6.07, 6.45) is 5.40. The standard InChI is InChI=1S/C20H22N2O2S/c1-2-17(24-14-9-5-3-6-10-14)19(23)22-20-16(13-21)15-11-7-4-8-12-18(15)25-20/h3,5-6,9-10,17H,2,4,7-8,11-12H2,1H3,(H,22,23). The van der Waals surface area contributed by atoms with Gasteiger partial charge in [0.1, 0.15) is 16.8 Å². The van der Waals surface area contributed by atoms with Gasteiger partial charge in [-0.05, 0) is 49.8 Å². The van der Waals surface area contributed by atoms with Crippen molar-refractivity contribution in [3.05, 3.63) is 46.3 Å². The van der Waals surface area contributed by atoms with E-state index in [0.29, 0.717) is 22.7 Å². The Labute approximate surface area is 152 Å². The monoisotopic (exact) mass is 354 g/mol. The van der Waals surface area contributed by atoms with Gasteiger partial charge in [-0.2, -0.15) is 5.26 Å². The summed E-state index contributed by atoms with van der Waals surface area (Å²) in [5.74, 6) is 0.478. The van der Waals surface area contributed by atoms with Gasteiger partial charge >= 0.3 is 0 Å². The summed E-state index contributed by atoms with van der Waals surface area (Å²) in [4.78, 5) is 13.9. The Morgan fingerprint density at radius 1 is 1.28 bits per heavy atom. The Morgan fingerprint density at radius 2 is 2.04 bits per heavy atom. The Bertz CT molecular complexity index is 777. The lowest BCUT2D eigenvalue weighted by molar-refractivity contribution is -0.122. The molecule has 1 heterocycles. The van der Waals surface area contributed by atoms with Crippen LogP contribution in [0.4, 0.5) is 5.00 Å². The van der Waals surface area contributed by atoms with Crippen LogP contribution in [0.1, 0.15) is 48.6 Å². The van der Waals surface area contributed by atoms with Gasteiger partial charge in [-0.1, -0.05) is 31.5 Å². The van der Waals surface area contributed by atoms with Gasteiger partial charge in [-0.25, -0.2) is 0 Å². The van der Waals surface area contributed by atoms with E-state index in [1.165, 1.54) is 11.3 Å². The smallest absolute Gasteiger partial charge is 0.266 e. The van der Waals surface area contributed by atoms with E-state index in [0.717, 1.165) is 31.2 Å². The first-order chi connectivity index (χ1) is 12.2. The number of anilines is 1. The normalized spacial score (nSPS) is 14.7. The molecule has 1 aliphatic rings. The molecule has 1 unspecified atom stereocenters. The molecule has 0 fully saturated rings. The second-order valence-corrected chi connectivity index (χ2v) is 7.30. The zero-order valence-electron chi connectivity index (χ0n) is 14.4. The molecule has 1 aromatic carbocycles. The molecular formula is C20H22N2O2S. The van der Waals surface area contributed by atoms with Gasteiger partial charge in [-0.15, -0.1) is 11.3 Å². The van der Waals surface area contributed by atoms with Crippen LogP contribution in [0.2, 0.25) is 0 Å². The van der Waals surface area contributed by atoms with E-state index in [9.17, 15) is 10.1 Å². The van der Waals surface area contributed by atoms with Crippen LogP contribution < -0.4 is 10.1 Å². The van der Waals surface area contributed by atoms with Crippen molar-refractivity contribution in [1.29, 1.82) is 5.26 Å². The number of ether oxygens (including phenoxy) is 1. The van der Waals surface area contributed by atoms with Gasteiger partial charge in [0.15, 0.2) is 6.10 Å². The number of carbonyl (C=O) groups excluding carboxylic acids is 1. The number of hydrogen-bond donors (Lipinski definition) is 1. The third-order valence-electron chi connectivity index (χ3n) is 4.45. The van der Waals surface area contributed by atoms with Gasteiger partial charge in [0, 0.05) is 4.88 Å². The molecule has 5 heteroatoms. The van der Waals surface area contributed by atoms with Crippen LogP contribution in [0.5, 0.6) is 5.75 Å². The van der Waals surface area contributed by atoms with E-state index in [1.54, 1.807) is 11.3 Å². The molecule has 0 saturated carbocycles. The fraction of sp³-hybridized carbons (Fsp3) is 0.400. The van der Waals surface area contributed by atoms with E-state index < -0.39 is 6.10 Å². The predicted octanol–water partition coefficient (Wildman–Crippen LogP) is 4.68. The van der Waals surface area contributed by atoms with E-state index in [1.807, 2.05) is 37.3 Å². The number of nitriles is 1. The molecule has 1 aromatic heterocycles. The molecule has 0 bridgehead atoms. The number of thiophene rings is 1. The van der Waals surface area contributed by atoms with Gasteiger partial charge in [0.25, 0.3) is 5.91 Å². The molecule has 3 rings (SSSR count). The Balaban J connectivity index is 1.77. The largest absolute Gasteiger partial charge is 0.481 e. The molecule has 4 nitrogen and oxygen atoms in total. The van der Waals surface area contributed by atoms with Crippen LogP contribution in [0.25, 0.3) is 0 Å². The van der Waals surface area contributed by atoms with Crippen LogP contribution in [-0.2, 0) is 17.6 Å². The highest BCUT2D eigenvalue weighted by Crippen LogP contribution is 2.37. The minimum absolute atomic E-state index is 0.195. The van der Waals surface area contributed by atoms with Gasteiger partial charge < -0.3 is 10.1 Å². The van der Waals surface area contributed by atoms with Crippen molar-refractivity contribution >= 4 is 22.2 Å². The number of para-hydroxylation sites is 1. The highest BCUT2D eigenvalue weighted by Gasteiger charge is 2.24. The van der Waals surface area contributed by atoms with Crippen molar-refractivity contribution in [2.45, 2.75) is 51.6 Å². The topological polar surface area (TPSA) is 62.1 Å². The molecule has 0 spiro atoms. The molecule has 1 N–H and O–H groups in total. The lowest BCUT2D eigenvalue weighted by Gasteiger charge is -2.16. The molecule has 0 saturated heterocycles. The van der Waals surface area contributed by atoms with Gasteiger partial charge in [0.05, 0.1) is 5.56 Å². The van der Waals surface area contributed by atoms with Crippen molar-refractivity contribution in [3.8, 4) is 11.8 Å². The SMILES string of the molecule is CCC(Oc1ccccc1)C(=O)Nc1sc2c(c1C#N)CCCCC2. The van der Waals surface area contributed by atoms with Crippen LogP contribution in [0.15, 0.2) is 30.3 Å². The van der Waals surface area contributed by atoms with Crippen molar-refractivity contribution in [2.24, 2.45) is 0 Å². The maximum absolute atomic E-state index is 12.7. The van der Waals surface area contributed by atoms with E-state index >= 15 is 0 Å². The Kier molecular flexibility index (Phi) is 5.72. The summed E-state index contributed by atoms with van der Waals surface area (Å²) in [6, 6.07) is 11.6. The molecule has 0 aliphatic heterocycles. The summed E-state index contributed by atoms with van der Waals surface area (Å²) in [7, 11) is 0. The average molecular weight is 354 g/mol. The van der Waals surface area contributed by atoms with Crippen LogP contribution >= 0.6 is 11.3 Å². The zero-order chi connectivity index (χ0) is 17.6. The van der Waals surface area contributed by atoms with Gasteiger partial charge in [0.2, 0.25) is 0 Å². The minimum atomic E-state index is -0.573. The minimum Gasteiger partial charge on any atom is -0.481 e. The predicted molar refractivity (Wildman–Crippen MR) is 100 cm³/mol. The van der Waals surface area contributed by atoms with Crippen LogP contribution in [-0.4, -0.2) is 12.0 Å². The number of hydrogen-bond acceptors (Lipinski definition) is 4. The van der Waals surface area contributed by atoms with E-state index in [2.05, 4.69) is 11.4 Å². The third-order valence-corrected chi connectivity index (χ3v) is 5.66. The maximum Gasteiger partial charge on any atom is 0.266 e. The molecule has 1 aliphatic carbocycles. The second-order valence-electron chi connectivity index (χ2n) is 6.20. The number of fused-ring (bicyclic) bond motifs is 1. The summed E-state index contributed by atoms with van der Waals surface area (Å²) in [5.41, 5.74) is 1.78. The molecule has 1 atom stereocenters. The lowest BCUT2D eigenvalue weighted by atomic mass is 10.1. The van der Waals surface area contributed by atoms with Crippen molar-refractivity contribution in [3.63, 3.8) is 0 Å². The number of benzene rings is 1. The first-order valence-corrected chi connectivity index (χ1v) is 9.61. The number of nitrogens with one attached hydrogen (secondary N) is 1. The molecular weight excluding hydrogens is 332 g/mol. The fourth-order valence-electron chi connectivity index (χ4n) is 3.13. The van der Waals surface area contributed by atoms with Crippen LogP contribution in [0.3, 0.4) is 0 Å². The molecule has 2 aromatic rings. The average Bonchev–Trinajstić information content (AvgIpc) is 2.79. The summed E-state index contributed by atoms with van der Waals surface area (Å²) >= 11 is 1.55. The molecule has 1 amide bonds. The third kappa shape index (κ3) is 4.02. The zero-order valence-corrected chi connectivity index (χ0v) is 15.2. The highest BCUT2D eigenvalue weighted by atomic mass is 32.1. The number of nitrogens with zero attached hydrogens (tertiary/aromatic N) is 1. The number of rotatable bonds is 5. The van der Waals surface area contributed by atoms with Crippen molar-refractivity contribution < 1.29 is 9.53 Å². The summed E-state index contributed by atoms with van der Waals surface area (Å²) < 4.78 is 5.80. The van der Waals surface area contributed by atoms with Crippen LogP contribution in [0, 0.1) is 11.3 Å². The molecule has 130 valence electrons. The van der Waals surface area contributed by atoms with E-state index in [-0.39, 0.29) is 5.91 Å². The van der Waals surface area contributed by atoms with E-state index in [4.69, 9.17) is 4.74 Å². The second kappa shape index (κ2) is 8.17. The highest BCUT2D eigenvalue weighted by molar-refractivity contribution is 7.16. The molecule has 25 heavy (non-hydrogen) atoms. The quantitative estimate of drug-likeness (QED) is 0.793. The number of carbonyl (C=O) groups is 1. The first kappa shape index (κ1) is 17.5. The molecule has 0 radical (unpaired) electrons. The summed E-state index contributed by atoms with van der Waals surface area (Å²) in [5, 5.41) is 13.2. The number of aryl methyl sites for hydroxylation is 1. The fourth-order valence-corrected chi connectivity index (χ4v) is 4.37. The maximum atomic E-state index is 12.7. The Hall–Kier alpha value is -2.32. The van der Waals surface area contributed by atoms with Crippen molar-refractivity contribution in [1.82, 2.24) is 0 Å². The summed E-state index contributed by atoms with van der Waals surface area (Å²) in [6.45, 7) is 1.92. The first-order valence-electron chi connectivity index (χ1n) is 8.80. The Morgan fingerprint density at radius 3 is 2.76 bits per heavy atom. The number of amides is 1.